The number of nitrogens with zero attached hydrogens (tertiary/aromatic N) is 2. The number of ether oxygens (including phenoxy) is 1. The second-order valence-corrected chi connectivity index (χ2v) is 7.36. The number of amides is 1. The predicted molar refractivity (Wildman–Crippen MR) is 121 cm³/mol. The van der Waals surface area contributed by atoms with Gasteiger partial charge in [-0.05, 0) is 55.0 Å². The third kappa shape index (κ3) is 4.67. The van der Waals surface area contributed by atoms with Crippen LogP contribution in [0.4, 0.5) is 5.69 Å². The lowest BCUT2D eigenvalue weighted by atomic mass is 10.1. The van der Waals surface area contributed by atoms with Crippen molar-refractivity contribution in [2.24, 2.45) is 7.05 Å². The Bertz CT molecular complexity index is 1310. The molecular weight excluding hydrogens is 406 g/mol. The molecule has 0 radical (unpaired) electrons. The molecule has 4 rings (SSSR count). The first kappa shape index (κ1) is 20.9. The number of rotatable bonds is 6. The molecular formula is C25H21N3O4. The second-order valence-electron chi connectivity index (χ2n) is 7.36. The van der Waals surface area contributed by atoms with Gasteiger partial charge in [-0.2, -0.15) is 0 Å². The molecule has 7 nitrogen and oxygen atoms in total. The number of carbonyl (C=O) groups is 2. The quantitative estimate of drug-likeness (QED) is 0.444. The Morgan fingerprint density at radius 1 is 0.969 bits per heavy atom. The number of aryl methyl sites for hydroxylation is 2. The van der Waals surface area contributed by atoms with Crippen molar-refractivity contribution >= 4 is 17.6 Å². The number of hydrogen-bond donors (Lipinski definition) is 2. The highest BCUT2D eigenvalue weighted by molar-refractivity contribution is 6.04. The third-order valence-electron chi connectivity index (χ3n) is 4.85. The number of hydrogen-bond acceptors (Lipinski definition) is 4. The van der Waals surface area contributed by atoms with Crippen LogP contribution >= 0.6 is 0 Å². The monoisotopic (exact) mass is 427 g/mol. The summed E-state index contributed by atoms with van der Waals surface area (Å²) in [6.07, 6.45) is 3.12. The van der Waals surface area contributed by atoms with Gasteiger partial charge < -0.3 is 19.7 Å². The molecule has 0 atom stereocenters. The average Bonchev–Trinajstić information content (AvgIpc) is 3.16. The molecule has 7 heteroatoms. The van der Waals surface area contributed by atoms with Crippen LogP contribution in [-0.4, -0.2) is 26.5 Å². The molecule has 0 fully saturated rings. The summed E-state index contributed by atoms with van der Waals surface area (Å²) in [6, 6.07) is 19.5. The first-order valence-corrected chi connectivity index (χ1v) is 9.91. The Morgan fingerprint density at radius 3 is 2.50 bits per heavy atom. The molecule has 0 saturated heterocycles. The fourth-order valence-corrected chi connectivity index (χ4v) is 3.31. The van der Waals surface area contributed by atoms with Crippen molar-refractivity contribution in [1.29, 1.82) is 0 Å². The number of aromatic nitrogens is 2. The second kappa shape index (κ2) is 8.77. The van der Waals surface area contributed by atoms with Crippen LogP contribution in [0, 0.1) is 6.92 Å². The van der Waals surface area contributed by atoms with Gasteiger partial charge in [0.25, 0.3) is 5.91 Å². The maximum absolute atomic E-state index is 12.6. The third-order valence-corrected chi connectivity index (χ3v) is 4.85. The van der Waals surface area contributed by atoms with E-state index in [1.807, 2.05) is 31.2 Å². The molecule has 0 spiro atoms. The molecule has 2 aromatic heterocycles. The molecule has 4 aromatic rings. The van der Waals surface area contributed by atoms with Crippen molar-refractivity contribution in [2.45, 2.75) is 6.92 Å². The number of carbonyl (C=O) groups excluding carboxylic acids is 1. The summed E-state index contributed by atoms with van der Waals surface area (Å²) in [5, 5.41) is 12.1. The predicted octanol–water partition coefficient (Wildman–Crippen LogP) is 5.14. The highest BCUT2D eigenvalue weighted by atomic mass is 16.5. The van der Waals surface area contributed by atoms with Crippen LogP contribution in [0.1, 0.15) is 26.3 Å². The molecule has 2 N–H and O–H groups in total. The molecule has 0 aliphatic carbocycles. The molecule has 0 bridgehead atoms. The number of pyridine rings is 1. The van der Waals surface area contributed by atoms with E-state index in [0.717, 1.165) is 11.3 Å². The topological polar surface area (TPSA) is 93.4 Å². The minimum absolute atomic E-state index is 0.183. The molecule has 1 amide bonds. The zero-order valence-corrected chi connectivity index (χ0v) is 17.6. The number of carboxylic acid groups (broad SMARTS) is 1. The van der Waals surface area contributed by atoms with Crippen molar-refractivity contribution < 1.29 is 19.4 Å². The van der Waals surface area contributed by atoms with Crippen LogP contribution in [0.5, 0.6) is 11.5 Å². The van der Waals surface area contributed by atoms with Gasteiger partial charge in [-0.25, -0.2) is 4.79 Å². The van der Waals surface area contributed by atoms with Gasteiger partial charge in [0.2, 0.25) is 0 Å². The number of aromatic carboxylic acids is 1. The minimum Gasteiger partial charge on any atom is -0.478 e. The van der Waals surface area contributed by atoms with Gasteiger partial charge >= 0.3 is 5.97 Å². The van der Waals surface area contributed by atoms with E-state index in [4.69, 9.17) is 4.74 Å². The number of anilines is 1. The standard InChI is InChI=1S/C25H21N3O4/c1-16-5-3-7-19(11-16)27-24(29)17-6-4-8-20(12-17)32-21-9-10-26-22(14-21)23-13-18(25(30)31)15-28(23)2/h3-15H,1-2H3,(H,27,29)(H,30,31). The molecule has 32 heavy (non-hydrogen) atoms. The van der Waals surface area contributed by atoms with Gasteiger partial charge in [0.1, 0.15) is 11.5 Å². The van der Waals surface area contributed by atoms with Crippen molar-refractivity contribution in [1.82, 2.24) is 9.55 Å². The van der Waals surface area contributed by atoms with Crippen LogP contribution in [0.2, 0.25) is 0 Å². The Morgan fingerprint density at radius 2 is 1.75 bits per heavy atom. The van der Waals surface area contributed by atoms with Gasteiger partial charge in [0.05, 0.1) is 17.0 Å². The van der Waals surface area contributed by atoms with Gasteiger partial charge in [0, 0.05) is 36.8 Å². The van der Waals surface area contributed by atoms with E-state index in [0.29, 0.717) is 28.5 Å². The normalized spacial score (nSPS) is 10.6. The number of nitrogens with one attached hydrogen (secondary N) is 1. The lowest BCUT2D eigenvalue weighted by molar-refractivity contribution is 0.0696. The van der Waals surface area contributed by atoms with Crippen LogP contribution in [0.15, 0.2) is 79.1 Å². The summed E-state index contributed by atoms with van der Waals surface area (Å²) in [4.78, 5) is 28.2. The van der Waals surface area contributed by atoms with Crippen molar-refractivity contribution in [3.63, 3.8) is 0 Å². The maximum atomic E-state index is 12.6. The Balaban J connectivity index is 1.53. The number of carboxylic acids is 1. The molecule has 2 aromatic carbocycles. The van der Waals surface area contributed by atoms with Crippen molar-refractivity contribution in [3.8, 4) is 22.9 Å². The average molecular weight is 427 g/mol. The van der Waals surface area contributed by atoms with E-state index in [9.17, 15) is 14.7 Å². The summed E-state index contributed by atoms with van der Waals surface area (Å²) in [7, 11) is 1.76. The molecule has 0 unspecified atom stereocenters. The summed E-state index contributed by atoms with van der Waals surface area (Å²) in [6.45, 7) is 1.96. The molecule has 0 saturated carbocycles. The van der Waals surface area contributed by atoms with E-state index in [1.54, 1.807) is 60.3 Å². The fraction of sp³-hybridized carbons (Fsp3) is 0.0800. The Labute approximate surface area is 184 Å². The summed E-state index contributed by atoms with van der Waals surface area (Å²) >= 11 is 0. The van der Waals surface area contributed by atoms with E-state index in [2.05, 4.69) is 10.3 Å². The van der Waals surface area contributed by atoms with Crippen LogP contribution < -0.4 is 10.1 Å². The van der Waals surface area contributed by atoms with Crippen LogP contribution in [-0.2, 0) is 7.05 Å². The van der Waals surface area contributed by atoms with E-state index < -0.39 is 5.97 Å². The van der Waals surface area contributed by atoms with E-state index in [-0.39, 0.29) is 11.5 Å². The molecule has 0 aliphatic heterocycles. The summed E-state index contributed by atoms with van der Waals surface area (Å²) in [5.74, 6) is -0.219. The van der Waals surface area contributed by atoms with E-state index in [1.165, 1.54) is 6.20 Å². The van der Waals surface area contributed by atoms with Crippen molar-refractivity contribution in [2.75, 3.05) is 5.32 Å². The molecule has 160 valence electrons. The smallest absolute Gasteiger partial charge is 0.337 e. The highest BCUT2D eigenvalue weighted by Gasteiger charge is 2.13. The lowest BCUT2D eigenvalue weighted by Gasteiger charge is -2.10. The summed E-state index contributed by atoms with van der Waals surface area (Å²) < 4.78 is 7.65. The fourth-order valence-electron chi connectivity index (χ4n) is 3.31. The Kier molecular flexibility index (Phi) is 5.72. The van der Waals surface area contributed by atoms with Crippen molar-refractivity contribution in [3.05, 3.63) is 95.8 Å². The first-order chi connectivity index (χ1) is 15.4. The van der Waals surface area contributed by atoms with E-state index >= 15 is 0 Å². The van der Waals surface area contributed by atoms with Crippen LogP contribution in [0.25, 0.3) is 11.4 Å². The first-order valence-electron chi connectivity index (χ1n) is 9.91. The lowest BCUT2D eigenvalue weighted by Crippen LogP contribution is -2.11. The summed E-state index contributed by atoms with van der Waals surface area (Å²) in [5.41, 5.74) is 3.66. The highest BCUT2D eigenvalue weighted by Crippen LogP contribution is 2.27. The SMILES string of the molecule is Cc1cccc(NC(=O)c2cccc(Oc3ccnc(-c4cc(C(=O)O)cn4C)c3)c2)c1. The van der Waals surface area contributed by atoms with Gasteiger partial charge in [-0.15, -0.1) is 0 Å². The van der Waals surface area contributed by atoms with Crippen LogP contribution in [0.3, 0.4) is 0 Å². The maximum Gasteiger partial charge on any atom is 0.337 e. The minimum atomic E-state index is -1.000. The zero-order chi connectivity index (χ0) is 22.7. The largest absolute Gasteiger partial charge is 0.478 e. The van der Waals surface area contributed by atoms with Gasteiger partial charge in [0.15, 0.2) is 0 Å². The molecule has 2 heterocycles. The van der Waals surface area contributed by atoms with Gasteiger partial charge in [-0.3, -0.25) is 9.78 Å². The molecule has 0 aliphatic rings. The Hall–Kier alpha value is -4.39. The zero-order valence-electron chi connectivity index (χ0n) is 17.6. The van der Waals surface area contributed by atoms with Gasteiger partial charge in [-0.1, -0.05) is 18.2 Å². The number of benzene rings is 2.